The second kappa shape index (κ2) is 6.50. The van der Waals surface area contributed by atoms with Gasteiger partial charge in [-0.25, -0.2) is 0 Å². The lowest BCUT2D eigenvalue weighted by Crippen LogP contribution is -2.30. The number of hydrogen-bond donors (Lipinski definition) is 2. The first kappa shape index (κ1) is 15.2. The van der Waals surface area contributed by atoms with Gasteiger partial charge in [-0.3, -0.25) is 0 Å². The summed E-state index contributed by atoms with van der Waals surface area (Å²) >= 11 is 0. The molecule has 21 heavy (non-hydrogen) atoms. The molecule has 0 radical (unpaired) electrons. The summed E-state index contributed by atoms with van der Waals surface area (Å²) in [6.45, 7) is 2.18. The maximum Gasteiger partial charge on any atom is 0.162 e. The van der Waals surface area contributed by atoms with E-state index in [9.17, 15) is 5.11 Å². The Morgan fingerprint density at radius 1 is 1.00 bits per heavy atom. The molecule has 2 aromatic carbocycles. The zero-order chi connectivity index (χ0) is 15.3. The highest BCUT2D eigenvalue weighted by Crippen LogP contribution is 2.30. The third-order valence-corrected chi connectivity index (χ3v) is 3.42. The topological polar surface area (TPSA) is 50.7 Å². The molecule has 0 saturated carbocycles. The molecule has 2 aromatic rings. The Morgan fingerprint density at radius 2 is 1.67 bits per heavy atom. The Labute approximate surface area is 125 Å². The van der Waals surface area contributed by atoms with Gasteiger partial charge in [-0.2, -0.15) is 0 Å². The van der Waals surface area contributed by atoms with Crippen molar-refractivity contribution in [3.05, 3.63) is 54.1 Å². The molecule has 0 aliphatic carbocycles. The molecule has 1 unspecified atom stereocenters. The van der Waals surface area contributed by atoms with E-state index in [2.05, 4.69) is 5.32 Å². The highest BCUT2D eigenvalue weighted by molar-refractivity contribution is 5.55. The zero-order valence-electron chi connectivity index (χ0n) is 12.6. The van der Waals surface area contributed by atoms with Crippen molar-refractivity contribution in [1.29, 1.82) is 0 Å². The summed E-state index contributed by atoms with van der Waals surface area (Å²) in [7, 11) is 3.20. The number of rotatable bonds is 6. The minimum absolute atomic E-state index is 0.395. The molecule has 4 heteroatoms. The van der Waals surface area contributed by atoms with Crippen LogP contribution < -0.4 is 14.8 Å². The van der Waals surface area contributed by atoms with Crippen molar-refractivity contribution in [2.24, 2.45) is 0 Å². The van der Waals surface area contributed by atoms with E-state index in [0.29, 0.717) is 18.0 Å². The molecule has 2 rings (SSSR count). The maximum absolute atomic E-state index is 10.6. The first-order valence-electron chi connectivity index (χ1n) is 6.80. The van der Waals surface area contributed by atoms with E-state index in [-0.39, 0.29) is 0 Å². The Bertz CT molecular complexity index is 582. The minimum Gasteiger partial charge on any atom is -0.493 e. The molecule has 0 spiro atoms. The average Bonchev–Trinajstić information content (AvgIpc) is 2.53. The van der Waals surface area contributed by atoms with E-state index < -0.39 is 5.60 Å². The highest BCUT2D eigenvalue weighted by atomic mass is 16.5. The van der Waals surface area contributed by atoms with E-state index in [0.717, 1.165) is 11.3 Å². The van der Waals surface area contributed by atoms with E-state index >= 15 is 0 Å². The Morgan fingerprint density at radius 3 is 2.29 bits per heavy atom. The number of aliphatic hydroxyl groups is 1. The number of hydrogen-bond acceptors (Lipinski definition) is 4. The highest BCUT2D eigenvalue weighted by Gasteiger charge is 2.22. The number of methoxy groups -OCH3 is 2. The summed E-state index contributed by atoms with van der Waals surface area (Å²) in [5, 5.41) is 13.8. The molecule has 2 N–H and O–H groups in total. The van der Waals surface area contributed by atoms with Gasteiger partial charge in [-0.15, -0.1) is 0 Å². The molecule has 0 aliphatic heterocycles. The molecular formula is C17H21NO3. The van der Waals surface area contributed by atoms with Crippen LogP contribution >= 0.6 is 0 Å². The standard InChI is InChI=1S/C17H21NO3/c1-17(19,13-7-5-4-6-8-13)12-18-14-9-10-15(20-2)16(11-14)21-3/h4-11,18-19H,12H2,1-3H3. The van der Waals surface area contributed by atoms with Crippen molar-refractivity contribution in [3.63, 3.8) is 0 Å². The predicted octanol–water partition coefficient (Wildman–Crippen LogP) is 3.02. The van der Waals surface area contributed by atoms with Crippen LogP contribution in [-0.2, 0) is 5.60 Å². The number of ether oxygens (including phenoxy) is 2. The average molecular weight is 287 g/mol. The first-order chi connectivity index (χ1) is 10.1. The van der Waals surface area contributed by atoms with Gasteiger partial charge in [0.15, 0.2) is 11.5 Å². The summed E-state index contributed by atoms with van der Waals surface area (Å²) in [5.74, 6) is 1.33. The van der Waals surface area contributed by atoms with Crippen molar-refractivity contribution in [2.45, 2.75) is 12.5 Å². The van der Waals surface area contributed by atoms with Crippen molar-refractivity contribution in [3.8, 4) is 11.5 Å². The SMILES string of the molecule is COc1ccc(NCC(C)(O)c2ccccc2)cc1OC. The summed E-state index contributed by atoms with van der Waals surface area (Å²) < 4.78 is 10.5. The largest absolute Gasteiger partial charge is 0.493 e. The molecule has 0 saturated heterocycles. The molecule has 0 fully saturated rings. The van der Waals surface area contributed by atoms with Crippen LogP contribution in [0.15, 0.2) is 48.5 Å². The van der Waals surface area contributed by atoms with Crippen LogP contribution in [0.3, 0.4) is 0 Å². The van der Waals surface area contributed by atoms with E-state index in [1.807, 2.05) is 48.5 Å². The molecule has 1 atom stereocenters. The first-order valence-corrected chi connectivity index (χ1v) is 6.80. The monoisotopic (exact) mass is 287 g/mol. The van der Waals surface area contributed by atoms with Gasteiger partial charge in [0.1, 0.15) is 5.60 Å². The van der Waals surface area contributed by atoms with Crippen LogP contribution in [0, 0.1) is 0 Å². The third kappa shape index (κ3) is 3.67. The van der Waals surface area contributed by atoms with Crippen LogP contribution in [-0.4, -0.2) is 25.9 Å². The summed E-state index contributed by atoms with van der Waals surface area (Å²) in [4.78, 5) is 0. The number of benzene rings is 2. The Kier molecular flexibility index (Phi) is 4.70. The van der Waals surface area contributed by atoms with E-state index in [1.165, 1.54) is 0 Å². The Hall–Kier alpha value is -2.20. The van der Waals surface area contributed by atoms with E-state index in [1.54, 1.807) is 21.1 Å². The summed E-state index contributed by atoms with van der Waals surface area (Å²) in [6, 6.07) is 15.2. The van der Waals surface area contributed by atoms with Crippen molar-refractivity contribution >= 4 is 5.69 Å². The molecule has 0 aliphatic rings. The van der Waals surface area contributed by atoms with Crippen LogP contribution in [0.25, 0.3) is 0 Å². The molecule has 4 nitrogen and oxygen atoms in total. The number of anilines is 1. The van der Waals surface area contributed by atoms with E-state index in [4.69, 9.17) is 9.47 Å². The second-order valence-electron chi connectivity index (χ2n) is 5.06. The van der Waals surface area contributed by atoms with Gasteiger partial charge < -0.3 is 19.9 Å². The normalized spacial score (nSPS) is 13.3. The lowest BCUT2D eigenvalue weighted by molar-refractivity contribution is 0.0715. The fraction of sp³-hybridized carbons (Fsp3) is 0.294. The molecule has 0 amide bonds. The van der Waals surface area contributed by atoms with Gasteiger partial charge in [-0.1, -0.05) is 30.3 Å². The van der Waals surface area contributed by atoms with Gasteiger partial charge >= 0.3 is 0 Å². The molecule has 0 bridgehead atoms. The van der Waals surface area contributed by atoms with Gasteiger partial charge in [-0.05, 0) is 24.6 Å². The van der Waals surface area contributed by atoms with Gasteiger partial charge in [0.2, 0.25) is 0 Å². The van der Waals surface area contributed by atoms with Gasteiger partial charge in [0.25, 0.3) is 0 Å². The van der Waals surface area contributed by atoms with Crippen molar-refractivity contribution in [1.82, 2.24) is 0 Å². The lowest BCUT2D eigenvalue weighted by Gasteiger charge is -2.25. The van der Waals surface area contributed by atoms with Crippen molar-refractivity contribution in [2.75, 3.05) is 26.1 Å². The lowest BCUT2D eigenvalue weighted by atomic mass is 9.96. The van der Waals surface area contributed by atoms with Gasteiger partial charge in [0.05, 0.1) is 14.2 Å². The van der Waals surface area contributed by atoms with Crippen molar-refractivity contribution < 1.29 is 14.6 Å². The maximum atomic E-state index is 10.6. The summed E-state index contributed by atoms with van der Waals surface area (Å²) in [6.07, 6.45) is 0. The minimum atomic E-state index is -0.950. The van der Waals surface area contributed by atoms with Crippen LogP contribution in [0.4, 0.5) is 5.69 Å². The molecule has 0 heterocycles. The Balaban J connectivity index is 2.09. The van der Waals surface area contributed by atoms with Crippen LogP contribution in [0.1, 0.15) is 12.5 Å². The third-order valence-electron chi connectivity index (χ3n) is 3.42. The fourth-order valence-corrected chi connectivity index (χ4v) is 2.12. The summed E-state index contributed by atoms with van der Waals surface area (Å²) in [5.41, 5.74) is 0.788. The smallest absolute Gasteiger partial charge is 0.162 e. The molecule has 112 valence electrons. The second-order valence-corrected chi connectivity index (χ2v) is 5.06. The van der Waals surface area contributed by atoms with Gasteiger partial charge in [0, 0.05) is 18.3 Å². The fourth-order valence-electron chi connectivity index (χ4n) is 2.12. The van der Waals surface area contributed by atoms with Crippen LogP contribution in [0.2, 0.25) is 0 Å². The van der Waals surface area contributed by atoms with Crippen LogP contribution in [0.5, 0.6) is 11.5 Å². The number of nitrogens with one attached hydrogen (secondary N) is 1. The predicted molar refractivity (Wildman–Crippen MR) is 84.0 cm³/mol. The molecular weight excluding hydrogens is 266 g/mol. The molecule has 0 aromatic heterocycles. The zero-order valence-corrected chi connectivity index (χ0v) is 12.6. The quantitative estimate of drug-likeness (QED) is 0.857.